The van der Waals surface area contributed by atoms with Crippen LogP contribution in [-0.2, 0) is 5.41 Å². The lowest BCUT2D eigenvalue weighted by Crippen LogP contribution is -2.48. The van der Waals surface area contributed by atoms with Gasteiger partial charge >= 0.3 is 0 Å². The molecule has 180 valence electrons. The zero-order valence-corrected chi connectivity index (χ0v) is 22.2. The number of rotatable bonds is 3. The molecule has 0 amide bonds. The summed E-state index contributed by atoms with van der Waals surface area (Å²) in [6, 6.07) is 20.0. The Kier molecular flexibility index (Phi) is 5.39. The van der Waals surface area contributed by atoms with Crippen LogP contribution >= 0.6 is 0 Å². The van der Waals surface area contributed by atoms with E-state index < -0.39 is 0 Å². The third-order valence-corrected chi connectivity index (χ3v) is 7.40. The average molecular weight is 465 g/mol. The van der Waals surface area contributed by atoms with E-state index in [0.717, 1.165) is 17.2 Å². The highest BCUT2D eigenvalue weighted by Gasteiger charge is 2.56. The Morgan fingerprint density at radius 2 is 1.49 bits per heavy atom. The van der Waals surface area contributed by atoms with Crippen molar-refractivity contribution in [1.29, 1.82) is 5.41 Å². The topological polar surface area (TPSA) is 42.7 Å². The second-order valence-corrected chi connectivity index (χ2v) is 11.1. The summed E-state index contributed by atoms with van der Waals surface area (Å²) >= 11 is 0. The maximum absolute atomic E-state index is 9.33. The van der Waals surface area contributed by atoms with Gasteiger partial charge in [0.2, 0.25) is 0 Å². The molecule has 0 radical (unpaired) electrons. The second kappa shape index (κ2) is 8.08. The highest BCUT2D eigenvalue weighted by atomic mass is 15.5. The number of aryl methyl sites for hydroxylation is 4. The summed E-state index contributed by atoms with van der Waals surface area (Å²) in [5, 5.41) is 9.33. The monoisotopic (exact) mass is 464 g/mol. The van der Waals surface area contributed by atoms with Crippen LogP contribution in [0.15, 0.2) is 59.6 Å². The summed E-state index contributed by atoms with van der Waals surface area (Å²) in [6.07, 6.45) is -0.0445. The largest absolute Gasteiger partial charge is 0.301 e. The molecular weight excluding hydrogens is 428 g/mol. The minimum atomic E-state index is -0.202. The van der Waals surface area contributed by atoms with Crippen LogP contribution in [-0.4, -0.2) is 23.9 Å². The first-order chi connectivity index (χ1) is 16.5. The van der Waals surface area contributed by atoms with Crippen molar-refractivity contribution in [3.05, 3.63) is 82.4 Å². The molecule has 4 heteroatoms. The molecule has 35 heavy (non-hydrogen) atoms. The molecule has 0 aliphatic carbocycles. The van der Waals surface area contributed by atoms with Crippen molar-refractivity contribution in [3.63, 3.8) is 0 Å². The Hall–Kier alpha value is -3.40. The number of amidine groups is 2. The maximum atomic E-state index is 9.33. The van der Waals surface area contributed by atoms with Crippen LogP contribution in [0.25, 0.3) is 11.1 Å². The van der Waals surface area contributed by atoms with E-state index in [1.54, 1.807) is 0 Å². The van der Waals surface area contributed by atoms with E-state index in [4.69, 9.17) is 4.99 Å². The van der Waals surface area contributed by atoms with Gasteiger partial charge in [-0.1, -0.05) is 50.2 Å². The first-order valence-corrected chi connectivity index (χ1v) is 12.6. The number of fused-ring (bicyclic) bond motifs is 3. The Labute approximate surface area is 209 Å². The Morgan fingerprint density at radius 3 is 2.09 bits per heavy atom. The van der Waals surface area contributed by atoms with E-state index in [1.165, 1.54) is 38.9 Å². The van der Waals surface area contributed by atoms with Gasteiger partial charge < -0.3 is 9.80 Å². The molecule has 0 bridgehead atoms. The van der Waals surface area contributed by atoms with Gasteiger partial charge in [0, 0.05) is 22.8 Å². The van der Waals surface area contributed by atoms with E-state index in [0.29, 0.717) is 5.84 Å². The maximum Gasteiger partial charge on any atom is 0.173 e. The zero-order chi connectivity index (χ0) is 25.2. The molecule has 1 unspecified atom stereocenters. The van der Waals surface area contributed by atoms with Gasteiger partial charge in [-0.3, -0.25) is 10.4 Å². The molecule has 1 atom stereocenters. The average Bonchev–Trinajstić information content (AvgIpc) is 3.17. The van der Waals surface area contributed by atoms with Gasteiger partial charge in [0.25, 0.3) is 0 Å². The van der Waals surface area contributed by atoms with Crippen molar-refractivity contribution in [2.45, 2.75) is 73.0 Å². The van der Waals surface area contributed by atoms with Gasteiger partial charge in [-0.15, -0.1) is 0 Å². The number of aliphatic imine (C=N–C) groups is 1. The predicted molar refractivity (Wildman–Crippen MR) is 149 cm³/mol. The molecule has 2 heterocycles. The third-order valence-electron chi connectivity index (χ3n) is 7.40. The number of anilines is 2. The smallest absolute Gasteiger partial charge is 0.173 e. The zero-order valence-electron chi connectivity index (χ0n) is 22.2. The molecule has 3 aromatic carbocycles. The molecule has 4 nitrogen and oxygen atoms in total. The lowest BCUT2D eigenvalue weighted by atomic mass is 9.82. The number of hydrogen-bond acceptors (Lipinski definition) is 2. The fraction of sp³-hybridized carbons (Fsp3) is 0.355. The third kappa shape index (κ3) is 3.58. The number of nitrogens with one attached hydrogen (secondary N) is 1. The quantitative estimate of drug-likeness (QED) is 0.441. The Morgan fingerprint density at radius 1 is 0.857 bits per heavy atom. The van der Waals surface area contributed by atoms with E-state index in [2.05, 4.69) is 120 Å². The molecule has 2 aliphatic heterocycles. The number of hydrogen-bond donors (Lipinski definition) is 1. The molecule has 0 spiro atoms. The summed E-state index contributed by atoms with van der Waals surface area (Å²) in [4.78, 5) is 9.50. The summed E-state index contributed by atoms with van der Waals surface area (Å²) in [5.74, 6) is 1.24. The summed E-state index contributed by atoms with van der Waals surface area (Å²) < 4.78 is 0. The number of nitrogens with zero attached hydrogens (tertiary/aromatic N) is 3. The van der Waals surface area contributed by atoms with Crippen molar-refractivity contribution in [1.82, 2.24) is 0 Å². The van der Waals surface area contributed by atoms with Crippen LogP contribution in [0.5, 0.6) is 0 Å². The summed E-state index contributed by atoms with van der Waals surface area (Å²) in [6.45, 7) is 17.4. The van der Waals surface area contributed by atoms with Gasteiger partial charge in [-0.05, 0) is 98.7 Å². The molecule has 5 rings (SSSR count). The SMILES string of the molecule is Cc1cc(C)cc(N2/C(=N/C(C)C)C(=N)N3c4cc(-c5c(C)cccc5C)ccc4C(C)(C)C32)c1. The van der Waals surface area contributed by atoms with Crippen molar-refractivity contribution in [2.75, 3.05) is 9.80 Å². The van der Waals surface area contributed by atoms with Crippen molar-refractivity contribution in [2.24, 2.45) is 4.99 Å². The fourth-order valence-electron chi connectivity index (χ4n) is 6.03. The molecular formula is C31H36N4. The van der Waals surface area contributed by atoms with Crippen LogP contribution in [0.4, 0.5) is 11.4 Å². The molecule has 0 saturated carbocycles. The van der Waals surface area contributed by atoms with Crippen LogP contribution < -0.4 is 9.80 Å². The van der Waals surface area contributed by atoms with E-state index in [-0.39, 0.29) is 17.6 Å². The standard InChI is InChI=1S/C31H36N4/c1-18(2)33-29-28(32)35-26-17-23(27-21(5)10-9-11-22(27)6)12-13-25(26)31(7,8)30(35)34(29)24-15-19(3)14-20(4)16-24/h9-18,30,32H,1-8H3/b32-28?,33-29+. The molecule has 1 fully saturated rings. The Balaban J connectivity index is 1.73. The molecule has 3 aromatic rings. The van der Waals surface area contributed by atoms with Gasteiger partial charge in [-0.25, -0.2) is 0 Å². The molecule has 0 aromatic heterocycles. The van der Waals surface area contributed by atoms with E-state index in [1.807, 2.05) is 0 Å². The first kappa shape index (κ1) is 23.3. The normalized spacial score (nSPS) is 19.6. The summed E-state index contributed by atoms with van der Waals surface area (Å²) in [5.41, 5.74) is 10.8. The van der Waals surface area contributed by atoms with E-state index >= 15 is 0 Å². The predicted octanol–water partition coefficient (Wildman–Crippen LogP) is 7.32. The van der Waals surface area contributed by atoms with Crippen LogP contribution in [0.2, 0.25) is 0 Å². The van der Waals surface area contributed by atoms with Crippen molar-refractivity contribution in [3.8, 4) is 11.1 Å². The molecule has 1 saturated heterocycles. The first-order valence-electron chi connectivity index (χ1n) is 12.6. The van der Waals surface area contributed by atoms with Gasteiger partial charge in [0.15, 0.2) is 11.7 Å². The molecule has 1 N–H and O–H groups in total. The van der Waals surface area contributed by atoms with Crippen LogP contribution in [0, 0.1) is 33.1 Å². The van der Waals surface area contributed by atoms with Gasteiger partial charge in [0.1, 0.15) is 6.17 Å². The fourth-order valence-corrected chi connectivity index (χ4v) is 6.03. The summed E-state index contributed by atoms with van der Waals surface area (Å²) in [7, 11) is 0. The van der Waals surface area contributed by atoms with Gasteiger partial charge in [-0.2, -0.15) is 0 Å². The van der Waals surface area contributed by atoms with E-state index in [9.17, 15) is 5.41 Å². The lowest BCUT2D eigenvalue weighted by molar-refractivity contribution is 0.456. The highest BCUT2D eigenvalue weighted by molar-refractivity contribution is 6.52. The number of benzene rings is 3. The Bertz CT molecular complexity index is 1340. The minimum absolute atomic E-state index is 0.0445. The van der Waals surface area contributed by atoms with Crippen LogP contribution in [0.3, 0.4) is 0 Å². The highest BCUT2D eigenvalue weighted by Crippen LogP contribution is 2.51. The van der Waals surface area contributed by atoms with Crippen LogP contribution in [0.1, 0.15) is 55.5 Å². The van der Waals surface area contributed by atoms with Crippen molar-refractivity contribution < 1.29 is 0 Å². The molecule has 2 aliphatic rings. The second-order valence-electron chi connectivity index (χ2n) is 11.1. The van der Waals surface area contributed by atoms with Crippen molar-refractivity contribution >= 4 is 23.0 Å². The lowest BCUT2D eigenvalue weighted by Gasteiger charge is -2.36. The van der Waals surface area contributed by atoms with Gasteiger partial charge in [0.05, 0.1) is 0 Å². The minimum Gasteiger partial charge on any atom is -0.301 e.